The molecule has 0 fully saturated rings. The predicted molar refractivity (Wildman–Crippen MR) is 79.2 cm³/mol. The molecule has 1 aliphatic carbocycles. The van der Waals surface area contributed by atoms with Crippen molar-refractivity contribution in [1.82, 2.24) is 0 Å². The fraction of sp³-hybridized carbons (Fsp3) is 0.294. The molecule has 1 aromatic rings. The van der Waals surface area contributed by atoms with Crippen LogP contribution in [0, 0.1) is 0 Å². The molecule has 1 aromatic carbocycles. The highest BCUT2D eigenvalue weighted by Gasteiger charge is 2.27. The molecule has 0 saturated heterocycles. The van der Waals surface area contributed by atoms with Crippen molar-refractivity contribution in [1.29, 1.82) is 0 Å². The van der Waals surface area contributed by atoms with Gasteiger partial charge >= 0.3 is 0 Å². The number of methoxy groups -OCH3 is 2. The second kappa shape index (κ2) is 6.39. The summed E-state index contributed by atoms with van der Waals surface area (Å²) in [6.07, 6.45) is 3.39. The number of carbonyl (C=O) groups excluding carboxylic acids is 2. The SMILES string of the molecule is CC[C@@H](C1=CC(=O)C(OC)=CC1=O)c1ccc(OC)cc1. The molecule has 0 aliphatic heterocycles. The van der Waals surface area contributed by atoms with Gasteiger partial charge in [-0.25, -0.2) is 0 Å². The molecule has 0 radical (unpaired) electrons. The minimum atomic E-state index is -0.265. The normalized spacial score (nSPS) is 16.1. The molecule has 1 aliphatic rings. The van der Waals surface area contributed by atoms with Gasteiger partial charge in [-0.05, 0) is 30.2 Å². The second-order valence-corrected chi connectivity index (χ2v) is 4.77. The summed E-state index contributed by atoms with van der Waals surface area (Å²) in [5.74, 6) is 0.304. The number of hydrogen-bond acceptors (Lipinski definition) is 4. The Hall–Kier alpha value is -2.36. The average molecular weight is 286 g/mol. The largest absolute Gasteiger partial charge is 0.497 e. The van der Waals surface area contributed by atoms with E-state index >= 15 is 0 Å². The van der Waals surface area contributed by atoms with Crippen LogP contribution in [0.2, 0.25) is 0 Å². The lowest BCUT2D eigenvalue weighted by atomic mass is 9.83. The summed E-state index contributed by atoms with van der Waals surface area (Å²) < 4.78 is 10.0. The first-order valence-corrected chi connectivity index (χ1v) is 6.80. The summed E-state index contributed by atoms with van der Waals surface area (Å²) >= 11 is 0. The zero-order chi connectivity index (χ0) is 15.4. The van der Waals surface area contributed by atoms with Crippen LogP contribution in [-0.2, 0) is 14.3 Å². The van der Waals surface area contributed by atoms with Crippen LogP contribution in [0.4, 0.5) is 0 Å². The number of benzene rings is 1. The van der Waals surface area contributed by atoms with E-state index in [1.54, 1.807) is 7.11 Å². The zero-order valence-corrected chi connectivity index (χ0v) is 12.4. The van der Waals surface area contributed by atoms with Gasteiger partial charge in [-0.3, -0.25) is 9.59 Å². The van der Waals surface area contributed by atoms with Gasteiger partial charge in [-0.2, -0.15) is 0 Å². The highest BCUT2D eigenvalue weighted by molar-refractivity contribution is 6.19. The Morgan fingerprint density at radius 2 is 1.62 bits per heavy atom. The Morgan fingerprint density at radius 1 is 0.952 bits per heavy atom. The van der Waals surface area contributed by atoms with E-state index < -0.39 is 0 Å². The standard InChI is InChI=1S/C17H18O4/c1-4-13(11-5-7-12(20-2)8-6-11)14-9-16(19)17(21-3)10-15(14)18/h5-10,13H,4H2,1-3H3/t13-/m1/s1. The number of ketones is 2. The second-order valence-electron chi connectivity index (χ2n) is 4.77. The Bertz CT molecular complexity index is 608. The van der Waals surface area contributed by atoms with Crippen molar-refractivity contribution in [3.8, 4) is 5.75 Å². The summed E-state index contributed by atoms with van der Waals surface area (Å²) in [4.78, 5) is 24.1. The number of hydrogen-bond donors (Lipinski definition) is 0. The fourth-order valence-corrected chi connectivity index (χ4v) is 2.46. The highest BCUT2D eigenvalue weighted by Crippen LogP contribution is 2.32. The molecule has 0 unspecified atom stereocenters. The van der Waals surface area contributed by atoms with Gasteiger partial charge in [0.25, 0.3) is 0 Å². The summed E-state index contributed by atoms with van der Waals surface area (Å²) in [6, 6.07) is 7.54. The van der Waals surface area contributed by atoms with E-state index in [9.17, 15) is 9.59 Å². The van der Waals surface area contributed by atoms with Crippen molar-refractivity contribution in [2.45, 2.75) is 19.3 Å². The van der Waals surface area contributed by atoms with Crippen LogP contribution in [-0.4, -0.2) is 25.8 Å². The van der Waals surface area contributed by atoms with Crippen LogP contribution in [0.5, 0.6) is 5.75 Å². The van der Waals surface area contributed by atoms with Gasteiger partial charge in [0.1, 0.15) is 5.75 Å². The van der Waals surface area contributed by atoms with Gasteiger partial charge in [-0.15, -0.1) is 0 Å². The number of carbonyl (C=O) groups is 2. The van der Waals surface area contributed by atoms with E-state index in [0.29, 0.717) is 5.57 Å². The fourth-order valence-electron chi connectivity index (χ4n) is 2.46. The molecule has 4 heteroatoms. The van der Waals surface area contributed by atoms with Crippen molar-refractivity contribution in [2.24, 2.45) is 0 Å². The lowest BCUT2D eigenvalue weighted by molar-refractivity contribution is -0.117. The molecule has 0 N–H and O–H groups in total. The lowest BCUT2D eigenvalue weighted by Gasteiger charge is -2.20. The summed E-state index contributed by atoms with van der Waals surface area (Å²) in [7, 11) is 2.99. The predicted octanol–water partition coefficient (Wildman–Crippen LogP) is 2.80. The molecule has 4 nitrogen and oxygen atoms in total. The van der Waals surface area contributed by atoms with Crippen molar-refractivity contribution >= 4 is 11.6 Å². The third-order valence-corrected chi connectivity index (χ3v) is 3.60. The Morgan fingerprint density at radius 3 is 2.14 bits per heavy atom. The maximum atomic E-state index is 12.2. The van der Waals surface area contributed by atoms with E-state index in [4.69, 9.17) is 9.47 Å². The van der Waals surface area contributed by atoms with Crippen molar-refractivity contribution < 1.29 is 19.1 Å². The van der Waals surface area contributed by atoms with Crippen molar-refractivity contribution in [3.05, 3.63) is 53.3 Å². The minimum absolute atomic E-state index is 0.0910. The summed E-state index contributed by atoms with van der Waals surface area (Å²) in [5.41, 5.74) is 1.49. The minimum Gasteiger partial charge on any atom is -0.497 e. The van der Waals surface area contributed by atoms with Gasteiger partial charge < -0.3 is 9.47 Å². The molecule has 0 amide bonds. The third kappa shape index (κ3) is 3.05. The first-order valence-electron chi connectivity index (χ1n) is 6.80. The Balaban J connectivity index is 2.33. The van der Waals surface area contributed by atoms with Crippen molar-refractivity contribution in [2.75, 3.05) is 14.2 Å². The van der Waals surface area contributed by atoms with Gasteiger partial charge in [-0.1, -0.05) is 19.1 Å². The molecule has 0 aromatic heterocycles. The van der Waals surface area contributed by atoms with Crippen molar-refractivity contribution in [3.63, 3.8) is 0 Å². The van der Waals surface area contributed by atoms with Gasteiger partial charge in [0.2, 0.25) is 5.78 Å². The molecule has 21 heavy (non-hydrogen) atoms. The molecule has 0 heterocycles. The molecular weight excluding hydrogens is 268 g/mol. The van der Waals surface area contributed by atoms with Gasteiger partial charge in [0, 0.05) is 17.6 Å². The van der Waals surface area contributed by atoms with Crippen LogP contribution in [0.1, 0.15) is 24.8 Å². The zero-order valence-electron chi connectivity index (χ0n) is 12.4. The average Bonchev–Trinajstić information content (AvgIpc) is 2.51. The monoisotopic (exact) mass is 286 g/mol. The quantitative estimate of drug-likeness (QED) is 0.781. The van der Waals surface area contributed by atoms with E-state index in [-0.39, 0.29) is 23.2 Å². The van der Waals surface area contributed by atoms with E-state index in [1.807, 2.05) is 31.2 Å². The lowest BCUT2D eigenvalue weighted by Crippen LogP contribution is -2.18. The van der Waals surface area contributed by atoms with E-state index in [0.717, 1.165) is 17.7 Å². The molecule has 0 saturated carbocycles. The number of ether oxygens (including phenoxy) is 2. The smallest absolute Gasteiger partial charge is 0.220 e. The van der Waals surface area contributed by atoms with Crippen LogP contribution < -0.4 is 4.74 Å². The van der Waals surface area contributed by atoms with Gasteiger partial charge in [0.15, 0.2) is 11.5 Å². The Labute approximate surface area is 124 Å². The van der Waals surface area contributed by atoms with Crippen LogP contribution >= 0.6 is 0 Å². The van der Waals surface area contributed by atoms with E-state index in [2.05, 4.69) is 0 Å². The summed E-state index contributed by atoms with van der Waals surface area (Å²) in [5, 5.41) is 0. The molecule has 110 valence electrons. The molecular formula is C17H18O4. The first kappa shape index (κ1) is 15.0. The number of rotatable bonds is 5. The maximum Gasteiger partial charge on any atom is 0.220 e. The molecule has 1 atom stereocenters. The topological polar surface area (TPSA) is 52.6 Å². The molecule has 0 spiro atoms. The Kier molecular flexibility index (Phi) is 4.58. The number of allylic oxidation sites excluding steroid dienone is 3. The van der Waals surface area contributed by atoms with Crippen LogP contribution in [0.3, 0.4) is 0 Å². The third-order valence-electron chi connectivity index (χ3n) is 3.60. The van der Waals surface area contributed by atoms with Crippen LogP contribution in [0.15, 0.2) is 47.7 Å². The molecule has 0 bridgehead atoms. The maximum absolute atomic E-state index is 12.2. The van der Waals surface area contributed by atoms with E-state index in [1.165, 1.54) is 19.3 Å². The molecule has 2 rings (SSSR count). The summed E-state index contributed by atoms with van der Waals surface area (Å²) in [6.45, 7) is 1.99. The highest BCUT2D eigenvalue weighted by atomic mass is 16.5. The van der Waals surface area contributed by atoms with Crippen LogP contribution in [0.25, 0.3) is 0 Å². The first-order chi connectivity index (χ1) is 10.1. The van der Waals surface area contributed by atoms with Gasteiger partial charge in [0.05, 0.1) is 14.2 Å².